The van der Waals surface area contributed by atoms with E-state index in [1.807, 2.05) is 12.3 Å². The second-order valence-corrected chi connectivity index (χ2v) is 5.75. The second kappa shape index (κ2) is 5.77. The van der Waals surface area contributed by atoms with Crippen LogP contribution in [0.3, 0.4) is 0 Å². The van der Waals surface area contributed by atoms with E-state index in [9.17, 15) is 9.59 Å². The molecule has 1 heterocycles. The number of hydrogen-bond donors (Lipinski definition) is 0. The van der Waals surface area contributed by atoms with E-state index in [2.05, 4.69) is 0 Å². The van der Waals surface area contributed by atoms with Crippen LogP contribution < -0.4 is 4.90 Å². The summed E-state index contributed by atoms with van der Waals surface area (Å²) >= 11 is 7.47. The van der Waals surface area contributed by atoms with Crippen molar-refractivity contribution in [2.24, 2.45) is 0 Å². The minimum Gasteiger partial charge on any atom is -0.307 e. The number of amides is 1. The summed E-state index contributed by atoms with van der Waals surface area (Å²) in [5.74, 6) is -0.266. The van der Waals surface area contributed by atoms with E-state index in [1.165, 1.54) is 23.2 Å². The molecule has 0 spiro atoms. The number of carbonyl (C=O) groups excluding carboxylic acids is 2. The lowest BCUT2D eigenvalue weighted by atomic mass is 10.0. The molecule has 0 atom stereocenters. The minimum absolute atomic E-state index is 0.111. The van der Waals surface area contributed by atoms with Gasteiger partial charge in [-0.15, -0.1) is 11.3 Å². The number of ketones is 1. The van der Waals surface area contributed by atoms with Gasteiger partial charge in [0.05, 0.1) is 10.6 Å². The van der Waals surface area contributed by atoms with Gasteiger partial charge in [-0.25, -0.2) is 0 Å². The lowest BCUT2D eigenvalue weighted by Crippen LogP contribution is -2.24. The number of carbonyl (C=O) groups is 2. The van der Waals surface area contributed by atoms with Gasteiger partial charge in [-0.1, -0.05) is 23.7 Å². The van der Waals surface area contributed by atoms with Gasteiger partial charge >= 0.3 is 0 Å². The van der Waals surface area contributed by atoms with E-state index in [0.717, 1.165) is 5.56 Å². The van der Waals surface area contributed by atoms with Gasteiger partial charge in [0, 0.05) is 19.5 Å². The van der Waals surface area contributed by atoms with Crippen molar-refractivity contribution < 1.29 is 9.59 Å². The molecule has 2 rings (SSSR count). The molecule has 0 fully saturated rings. The highest BCUT2D eigenvalue weighted by Gasteiger charge is 2.23. The summed E-state index contributed by atoms with van der Waals surface area (Å²) in [5.41, 5.74) is 1.85. The van der Waals surface area contributed by atoms with Gasteiger partial charge in [-0.3, -0.25) is 9.59 Å². The lowest BCUT2D eigenvalue weighted by Gasteiger charge is -2.15. The van der Waals surface area contributed by atoms with Gasteiger partial charge in [0.2, 0.25) is 5.91 Å². The van der Waals surface area contributed by atoms with E-state index in [4.69, 9.17) is 11.6 Å². The molecule has 0 aliphatic rings. The monoisotopic (exact) mass is 307 g/mol. The molecule has 2 aromatic rings. The Labute approximate surface area is 126 Å². The largest absolute Gasteiger partial charge is 0.307 e. The Balaban J connectivity index is 2.53. The molecule has 104 valence electrons. The molecule has 0 unspecified atom stereocenters. The summed E-state index contributed by atoms with van der Waals surface area (Å²) in [6.45, 7) is 3.33. The molecule has 1 aromatic heterocycles. The Kier molecular flexibility index (Phi) is 4.26. The van der Waals surface area contributed by atoms with Crippen molar-refractivity contribution in [3.63, 3.8) is 0 Å². The quantitative estimate of drug-likeness (QED) is 0.806. The van der Waals surface area contributed by atoms with Crippen LogP contribution in [0.15, 0.2) is 29.6 Å². The lowest BCUT2D eigenvalue weighted by molar-refractivity contribution is -0.116. The number of thiophene rings is 1. The van der Waals surface area contributed by atoms with Crippen molar-refractivity contribution in [3.05, 3.63) is 51.4 Å². The summed E-state index contributed by atoms with van der Waals surface area (Å²) in [5, 5.41) is 2.94. The van der Waals surface area contributed by atoms with Gasteiger partial charge in [-0.2, -0.15) is 0 Å². The zero-order chi connectivity index (χ0) is 14.9. The van der Waals surface area contributed by atoms with Crippen molar-refractivity contribution in [1.82, 2.24) is 0 Å². The average molecular weight is 308 g/mol. The maximum Gasteiger partial charge on any atom is 0.224 e. The number of halogens is 1. The summed E-state index contributed by atoms with van der Waals surface area (Å²) in [4.78, 5) is 25.7. The first-order chi connectivity index (χ1) is 9.43. The first kappa shape index (κ1) is 14.8. The Bertz CT molecular complexity index is 678. The second-order valence-electron chi connectivity index (χ2n) is 4.49. The maximum absolute atomic E-state index is 12.7. The molecule has 0 saturated heterocycles. The van der Waals surface area contributed by atoms with Gasteiger partial charge < -0.3 is 4.90 Å². The SMILES string of the molecule is CC(=O)N(C)c1scc(C)c1C(=O)c1ccccc1Cl. The van der Waals surface area contributed by atoms with Gasteiger partial charge in [0.1, 0.15) is 5.00 Å². The molecule has 1 amide bonds. The molecule has 3 nitrogen and oxygen atoms in total. The van der Waals surface area contributed by atoms with E-state index in [0.29, 0.717) is 21.2 Å². The topological polar surface area (TPSA) is 37.4 Å². The summed E-state index contributed by atoms with van der Waals surface area (Å²) in [6.07, 6.45) is 0. The van der Waals surface area contributed by atoms with Crippen LogP contribution in [0, 0.1) is 6.92 Å². The molecule has 1 aromatic carbocycles. The summed E-state index contributed by atoms with van der Waals surface area (Å²) in [7, 11) is 1.66. The van der Waals surface area contributed by atoms with Gasteiger partial charge in [0.25, 0.3) is 0 Å². The van der Waals surface area contributed by atoms with Crippen molar-refractivity contribution in [2.45, 2.75) is 13.8 Å². The van der Waals surface area contributed by atoms with Crippen LogP contribution in [0.25, 0.3) is 0 Å². The van der Waals surface area contributed by atoms with E-state index < -0.39 is 0 Å². The van der Waals surface area contributed by atoms with E-state index in [-0.39, 0.29) is 11.7 Å². The molecule has 0 saturated carbocycles. The van der Waals surface area contributed by atoms with Crippen molar-refractivity contribution in [3.8, 4) is 0 Å². The fraction of sp³-hybridized carbons (Fsp3) is 0.200. The van der Waals surface area contributed by atoms with Crippen LogP contribution in [0.5, 0.6) is 0 Å². The van der Waals surface area contributed by atoms with Crippen LogP contribution in [-0.2, 0) is 4.79 Å². The number of benzene rings is 1. The number of nitrogens with zero attached hydrogens (tertiary/aromatic N) is 1. The number of anilines is 1. The average Bonchev–Trinajstić information content (AvgIpc) is 2.79. The van der Waals surface area contributed by atoms with Gasteiger partial charge in [0.15, 0.2) is 5.78 Å². The predicted molar refractivity (Wildman–Crippen MR) is 83.0 cm³/mol. The highest BCUT2D eigenvalue weighted by atomic mass is 35.5. The first-order valence-corrected chi connectivity index (χ1v) is 7.31. The van der Waals surface area contributed by atoms with Crippen LogP contribution in [0.1, 0.15) is 28.4 Å². The van der Waals surface area contributed by atoms with Crippen molar-refractivity contribution in [1.29, 1.82) is 0 Å². The van der Waals surface area contributed by atoms with E-state index >= 15 is 0 Å². The Morgan fingerprint density at radius 2 is 1.90 bits per heavy atom. The standard InChI is InChI=1S/C15H14ClNO2S/c1-9-8-20-15(17(3)10(2)18)13(9)14(19)11-6-4-5-7-12(11)16/h4-8H,1-3H3. The molecule has 0 bridgehead atoms. The molecule has 0 aliphatic heterocycles. The smallest absolute Gasteiger partial charge is 0.224 e. The maximum atomic E-state index is 12.7. The molecular weight excluding hydrogens is 294 g/mol. The van der Waals surface area contributed by atoms with Gasteiger partial charge in [-0.05, 0) is 30.0 Å². The van der Waals surface area contributed by atoms with Crippen LogP contribution >= 0.6 is 22.9 Å². The number of hydrogen-bond acceptors (Lipinski definition) is 3. The molecule has 0 radical (unpaired) electrons. The van der Waals surface area contributed by atoms with E-state index in [1.54, 1.807) is 31.3 Å². The first-order valence-electron chi connectivity index (χ1n) is 6.05. The molecule has 0 aliphatic carbocycles. The normalized spacial score (nSPS) is 10.4. The van der Waals surface area contributed by atoms with Crippen molar-refractivity contribution >= 4 is 39.6 Å². The molecular formula is C15H14ClNO2S. The zero-order valence-electron chi connectivity index (χ0n) is 11.4. The highest BCUT2D eigenvalue weighted by Crippen LogP contribution is 2.33. The molecule has 5 heteroatoms. The van der Waals surface area contributed by atoms with Crippen LogP contribution in [0.2, 0.25) is 5.02 Å². The third-order valence-electron chi connectivity index (χ3n) is 3.08. The fourth-order valence-corrected chi connectivity index (χ4v) is 3.16. The van der Waals surface area contributed by atoms with Crippen LogP contribution in [0.4, 0.5) is 5.00 Å². The Hall–Kier alpha value is -1.65. The van der Waals surface area contributed by atoms with Crippen molar-refractivity contribution in [2.75, 3.05) is 11.9 Å². The number of aryl methyl sites for hydroxylation is 1. The minimum atomic E-state index is -0.155. The number of rotatable bonds is 3. The molecule has 0 N–H and O–H groups in total. The summed E-state index contributed by atoms with van der Waals surface area (Å²) in [6, 6.07) is 6.93. The predicted octanol–water partition coefficient (Wildman–Crippen LogP) is 3.92. The third kappa shape index (κ3) is 2.62. The highest BCUT2D eigenvalue weighted by molar-refractivity contribution is 7.15. The Morgan fingerprint density at radius 3 is 2.50 bits per heavy atom. The Morgan fingerprint density at radius 1 is 1.25 bits per heavy atom. The fourth-order valence-electron chi connectivity index (χ4n) is 1.88. The van der Waals surface area contributed by atoms with Crippen LogP contribution in [-0.4, -0.2) is 18.7 Å². The third-order valence-corrected chi connectivity index (χ3v) is 4.58. The zero-order valence-corrected chi connectivity index (χ0v) is 13.0. The molecule has 20 heavy (non-hydrogen) atoms. The summed E-state index contributed by atoms with van der Waals surface area (Å²) < 4.78 is 0.